The number of fused-ring (bicyclic) bond motifs is 1. The molecule has 164 valence electrons. The second kappa shape index (κ2) is 7.77. The van der Waals surface area contributed by atoms with Crippen LogP contribution in [0.5, 0.6) is 0 Å². The Balaban J connectivity index is 1.39. The number of amides is 1. The van der Waals surface area contributed by atoms with Crippen molar-refractivity contribution >= 4 is 11.7 Å². The van der Waals surface area contributed by atoms with E-state index in [1.807, 2.05) is 36.4 Å². The van der Waals surface area contributed by atoms with Crippen LogP contribution >= 0.6 is 0 Å². The average molecular weight is 440 g/mol. The van der Waals surface area contributed by atoms with E-state index in [9.17, 15) is 18.0 Å². The molecular weight excluding hydrogens is 421 g/mol. The highest BCUT2D eigenvalue weighted by Gasteiger charge is 2.36. The molecule has 0 aliphatic carbocycles. The van der Waals surface area contributed by atoms with Crippen molar-refractivity contribution in [2.45, 2.75) is 24.9 Å². The van der Waals surface area contributed by atoms with Crippen LogP contribution < -0.4 is 0 Å². The van der Waals surface area contributed by atoms with Crippen LogP contribution in [0.25, 0.3) is 17.0 Å². The summed E-state index contributed by atoms with van der Waals surface area (Å²) in [5.74, 6) is -0.606. The van der Waals surface area contributed by atoms with Gasteiger partial charge in [0, 0.05) is 24.7 Å². The number of hydrogen-bond acceptors (Lipinski definition) is 4. The molecule has 3 aromatic heterocycles. The number of rotatable bonds is 3. The minimum Gasteiger partial charge on any atom is -0.351 e. The quantitative estimate of drug-likeness (QED) is 0.519. The van der Waals surface area contributed by atoms with E-state index in [0.29, 0.717) is 29.6 Å². The molecule has 1 saturated heterocycles. The van der Waals surface area contributed by atoms with Crippen molar-refractivity contribution in [3.63, 3.8) is 0 Å². The fourth-order valence-electron chi connectivity index (χ4n) is 4.12. The molecule has 5 rings (SSSR count). The summed E-state index contributed by atoms with van der Waals surface area (Å²) in [6.45, 7) is 0.821. The van der Waals surface area contributed by atoms with Crippen LogP contribution in [0, 0.1) is 0 Å². The van der Waals surface area contributed by atoms with E-state index < -0.39 is 11.9 Å². The van der Waals surface area contributed by atoms with Crippen LogP contribution in [0.1, 0.15) is 40.6 Å². The molecule has 1 aliphatic rings. The Morgan fingerprint density at radius 1 is 1.12 bits per heavy atom. The van der Waals surface area contributed by atoms with Crippen molar-refractivity contribution < 1.29 is 18.0 Å². The third-order valence-corrected chi connectivity index (χ3v) is 5.69. The van der Waals surface area contributed by atoms with Gasteiger partial charge in [0.15, 0.2) is 5.69 Å². The van der Waals surface area contributed by atoms with Gasteiger partial charge in [0.05, 0.1) is 5.69 Å². The van der Waals surface area contributed by atoms with E-state index in [-0.39, 0.29) is 29.8 Å². The van der Waals surface area contributed by atoms with Crippen LogP contribution in [0.2, 0.25) is 0 Å². The molecule has 10 heteroatoms. The van der Waals surface area contributed by atoms with Gasteiger partial charge >= 0.3 is 6.18 Å². The first-order valence-corrected chi connectivity index (χ1v) is 10.2. The molecule has 1 aromatic carbocycles. The largest absolute Gasteiger partial charge is 0.433 e. The number of alkyl halides is 3. The van der Waals surface area contributed by atoms with Gasteiger partial charge in [-0.1, -0.05) is 30.3 Å². The number of benzene rings is 1. The maximum absolute atomic E-state index is 13.5. The lowest BCUT2D eigenvalue weighted by atomic mass is 9.94. The number of carbonyl (C=O) groups excluding carboxylic acids is 1. The first-order valence-electron chi connectivity index (χ1n) is 10.2. The van der Waals surface area contributed by atoms with E-state index in [0.717, 1.165) is 23.7 Å². The lowest BCUT2D eigenvalue weighted by Gasteiger charge is -2.32. The number of likely N-dealkylation sites (tertiary alicyclic amines) is 1. The third kappa shape index (κ3) is 3.72. The molecule has 4 aromatic rings. The lowest BCUT2D eigenvalue weighted by Crippen LogP contribution is -2.39. The summed E-state index contributed by atoms with van der Waals surface area (Å²) >= 11 is 0. The number of piperidine rings is 1. The SMILES string of the molecule is O=C(c1ccc(-c2ccccc2)[nH]1)N1CCC[C@@H](c2cc(C(F)(F)F)n3ncnc3n2)C1. The minimum absolute atomic E-state index is 0.102. The molecule has 1 amide bonds. The van der Waals surface area contributed by atoms with Crippen LogP contribution in [-0.2, 0) is 6.18 Å². The van der Waals surface area contributed by atoms with Gasteiger partial charge in [0.1, 0.15) is 12.0 Å². The first-order chi connectivity index (χ1) is 15.4. The molecule has 32 heavy (non-hydrogen) atoms. The summed E-state index contributed by atoms with van der Waals surface area (Å²) in [6.07, 6.45) is -2.23. The van der Waals surface area contributed by atoms with E-state index >= 15 is 0 Å². The Hall–Kier alpha value is -3.69. The van der Waals surface area contributed by atoms with Crippen LogP contribution in [0.3, 0.4) is 0 Å². The van der Waals surface area contributed by atoms with Crippen LogP contribution in [0.15, 0.2) is 54.9 Å². The van der Waals surface area contributed by atoms with Crippen molar-refractivity contribution in [3.8, 4) is 11.3 Å². The third-order valence-electron chi connectivity index (χ3n) is 5.69. The number of hydrogen-bond donors (Lipinski definition) is 1. The topological polar surface area (TPSA) is 79.2 Å². The zero-order valence-electron chi connectivity index (χ0n) is 16.9. The maximum Gasteiger partial charge on any atom is 0.433 e. The molecule has 4 heterocycles. The highest BCUT2D eigenvalue weighted by molar-refractivity contribution is 5.93. The van der Waals surface area contributed by atoms with Gasteiger partial charge in [0.2, 0.25) is 0 Å². The van der Waals surface area contributed by atoms with E-state index in [1.165, 1.54) is 0 Å². The molecule has 0 saturated carbocycles. The highest BCUT2D eigenvalue weighted by atomic mass is 19.4. The average Bonchev–Trinajstić information content (AvgIpc) is 3.48. The summed E-state index contributed by atoms with van der Waals surface area (Å²) < 4.78 is 41.3. The first kappa shape index (κ1) is 20.2. The number of nitrogens with one attached hydrogen (secondary N) is 1. The van der Waals surface area contributed by atoms with Gasteiger partial charge in [0.25, 0.3) is 11.7 Å². The Morgan fingerprint density at radius 3 is 2.72 bits per heavy atom. The summed E-state index contributed by atoms with van der Waals surface area (Å²) in [5, 5.41) is 3.64. The van der Waals surface area contributed by atoms with Gasteiger partial charge in [-0.25, -0.2) is 4.98 Å². The number of aromatic nitrogens is 5. The van der Waals surface area contributed by atoms with Gasteiger partial charge in [-0.3, -0.25) is 4.79 Å². The predicted molar refractivity (Wildman–Crippen MR) is 110 cm³/mol. The van der Waals surface area contributed by atoms with Gasteiger partial charge in [-0.05, 0) is 36.6 Å². The number of aromatic amines is 1. The fraction of sp³-hybridized carbons (Fsp3) is 0.273. The Labute approximate surface area is 180 Å². The second-order valence-electron chi connectivity index (χ2n) is 7.78. The molecule has 0 unspecified atom stereocenters. The van der Waals surface area contributed by atoms with Crippen molar-refractivity contribution in [2.24, 2.45) is 0 Å². The fourth-order valence-corrected chi connectivity index (χ4v) is 4.12. The zero-order valence-corrected chi connectivity index (χ0v) is 16.9. The Bertz CT molecular complexity index is 1260. The summed E-state index contributed by atoms with van der Waals surface area (Å²) in [4.78, 5) is 26.0. The van der Waals surface area contributed by atoms with Crippen molar-refractivity contribution in [1.29, 1.82) is 0 Å². The number of halogens is 3. The van der Waals surface area contributed by atoms with Crippen molar-refractivity contribution in [2.75, 3.05) is 13.1 Å². The van der Waals surface area contributed by atoms with Gasteiger partial charge < -0.3 is 9.88 Å². The van der Waals surface area contributed by atoms with Crippen LogP contribution in [0.4, 0.5) is 13.2 Å². The predicted octanol–water partition coefficient (Wildman–Crippen LogP) is 4.16. The summed E-state index contributed by atoms with van der Waals surface area (Å²) in [5.41, 5.74) is 1.59. The number of H-pyrrole nitrogens is 1. The normalized spacial score (nSPS) is 17.1. The van der Waals surface area contributed by atoms with E-state index in [4.69, 9.17) is 0 Å². The summed E-state index contributed by atoms with van der Waals surface area (Å²) in [7, 11) is 0. The molecular formula is C22H19F3N6O. The van der Waals surface area contributed by atoms with E-state index in [1.54, 1.807) is 11.0 Å². The lowest BCUT2D eigenvalue weighted by molar-refractivity contribution is -0.142. The van der Waals surface area contributed by atoms with E-state index in [2.05, 4.69) is 20.1 Å². The Kier molecular flexibility index (Phi) is 4.91. The Morgan fingerprint density at radius 2 is 1.94 bits per heavy atom. The molecule has 1 atom stereocenters. The molecule has 0 spiro atoms. The minimum atomic E-state index is -4.59. The maximum atomic E-state index is 13.5. The standard InChI is InChI=1S/C22H19F3N6O/c23-22(24,25)19-11-18(29-21-26-13-27-31(19)21)15-7-4-10-30(12-15)20(32)17-9-8-16(28-17)14-5-2-1-3-6-14/h1-3,5-6,8-9,11,13,15,28H,4,7,10,12H2/t15-/m1/s1. The number of nitrogens with zero attached hydrogens (tertiary/aromatic N) is 5. The van der Waals surface area contributed by atoms with Crippen molar-refractivity contribution in [3.05, 3.63) is 71.9 Å². The number of carbonyl (C=O) groups is 1. The zero-order chi connectivity index (χ0) is 22.3. The molecule has 1 fully saturated rings. The highest BCUT2D eigenvalue weighted by Crippen LogP contribution is 2.33. The van der Waals surface area contributed by atoms with Gasteiger partial charge in [-0.15, -0.1) is 0 Å². The monoisotopic (exact) mass is 440 g/mol. The van der Waals surface area contributed by atoms with Gasteiger partial charge in [-0.2, -0.15) is 27.8 Å². The summed E-state index contributed by atoms with van der Waals surface area (Å²) in [6, 6.07) is 14.2. The smallest absolute Gasteiger partial charge is 0.351 e. The van der Waals surface area contributed by atoms with Crippen molar-refractivity contribution in [1.82, 2.24) is 29.5 Å². The molecule has 0 radical (unpaired) electrons. The molecule has 1 N–H and O–H groups in total. The molecule has 1 aliphatic heterocycles. The molecule has 7 nitrogen and oxygen atoms in total. The van der Waals surface area contributed by atoms with Crippen LogP contribution in [-0.4, -0.2) is 48.5 Å². The molecule has 0 bridgehead atoms. The second-order valence-corrected chi connectivity index (χ2v) is 7.78.